The van der Waals surface area contributed by atoms with Gasteiger partial charge >= 0.3 is 0 Å². The van der Waals surface area contributed by atoms with Gasteiger partial charge in [-0.1, -0.05) is 13.8 Å². The molecule has 1 amide bonds. The van der Waals surface area contributed by atoms with Crippen LogP contribution in [0.3, 0.4) is 0 Å². The minimum Gasteiger partial charge on any atom is -0.359 e. The average molecular weight is 278 g/mol. The van der Waals surface area contributed by atoms with Crippen LogP contribution in [-0.4, -0.2) is 42.5 Å². The Hall–Kier alpha value is -1.46. The first kappa shape index (κ1) is 16.6. The first-order valence-corrected chi connectivity index (χ1v) is 7.08. The Balaban J connectivity index is 2.86. The molecule has 1 heterocycles. The van der Waals surface area contributed by atoms with Gasteiger partial charge in [0.25, 0.3) is 0 Å². The maximum atomic E-state index is 11.7. The van der Waals surface area contributed by atoms with Gasteiger partial charge in [0.05, 0.1) is 0 Å². The third kappa shape index (κ3) is 4.28. The van der Waals surface area contributed by atoms with Crippen molar-refractivity contribution in [3.8, 4) is 0 Å². The fraction of sp³-hybridized carbons (Fsp3) is 0.600. The van der Waals surface area contributed by atoms with Crippen LogP contribution in [0.4, 0.5) is 0 Å². The van der Waals surface area contributed by atoms with E-state index < -0.39 is 0 Å². The van der Waals surface area contributed by atoms with Crippen molar-refractivity contribution in [1.82, 2.24) is 15.2 Å². The van der Waals surface area contributed by atoms with Crippen molar-refractivity contribution < 1.29 is 4.79 Å². The molecule has 1 aromatic rings. The van der Waals surface area contributed by atoms with Crippen molar-refractivity contribution >= 4 is 5.91 Å². The van der Waals surface area contributed by atoms with Crippen molar-refractivity contribution in [3.63, 3.8) is 0 Å². The smallest absolute Gasteiger partial charge is 0.223 e. The molecule has 0 bridgehead atoms. The minimum absolute atomic E-state index is 0.0271. The highest BCUT2D eigenvalue weighted by Gasteiger charge is 2.25. The quantitative estimate of drug-likeness (QED) is 0.785. The fourth-order valence-electron chi connectivity index (χ4n) is 2.49. The van der Waals surface area contributed by atoms with Gasteiger partial charge in [0.15, 0.2) is 0 Å². The van der Waals surface area contributed by atoms with Crippen LogP contribution in [0.1, 0.15) is 31.9 Å². The summed E-state index contributed by atoms with van der Waals surface area (Å²) < 4.78 is 0. The molecule has 3 N–H and O–H groups in total. The van der Waals surface area contributed by atoms with Crippen LogP contribution in [0.15, 0.2) is 24.5 Å². The highest BCUT2D eigenvalue weighted by molar-refractivity contribution is 5.78. The van der Waals surface area contributed by atoms with Gasteiger partial charge < -0.3 is 11.1 Å². The van der Waals surface area contributed by atoms with Gasteiger partial charge in [-0.3, -0.25) is 14.7 Å². The van der Waals surface area contributed by atoms with E-state index in [1.165, 1.54) is 0 Å². The molecular weight excluding hydrogens is 252 g/mol. The average Bonchev–Trinajstić information content (AvgIpc) is 2.47. The number of hydrogen-bond donors (Lipinski definition) is 2. The van der Waals surface area contributed by atoms with Crippen molar-refractivity contribution in [2.75, 3.05) is 20.6 Å². The molecule has 1 rings (SSSR count). The first-order chi connectivity index (χ1) is 9.51. The highest BCUT2D eigenvalue weighted by Crippen LogP contribution is 2.24. The summed E-state index contributed by atoms with van der Waals surface area (Å²) in [5.41, 5.74) is 7.41. The van der Waals surface area contributed by atoms with Crippen LogP contribution in [0.25, 0.3) is 0 Å². The molecule has 0 aromatic carbocycles. The highest BCUT2D eigenvalue weighted by atomic mass is 16.1. The van der Waals surface area contributed by atoms with Crippen LogP contribution in [0.2, 0.25) is 0 Å². The number of nitrogens with one attached hydrogen (secondary N) is 1. The van der Waals surface area contributed by atoms with Crippen LogP contribution in [-0.2, 0) is 4.79 Å². The number of nitrogens with two attached hydrogens (primary N) is 1. The Labute approximate surface area is 121 Å². The van der Waals surface area contributed by atoms with Gasteiger partial charge in [0.1, 0.15) is 0 Å². The van der Waals surface area contributed by atoms with Gasteiger partial charge in [-0.2, -0.15) is 0 Å². The molecule has 0 aliphatic heterocycles. The van der Waals surface area contributed by atoms with Gasteiger partial charge in [0, 0.05) is 44.0 Å². The zero-order valence-corrected chi connectivity index (χ0v) is 12.8. The summed E-state index contributed by atoms with van der Waals surface area (Å²) in [6.45, 7) is 4.67. The maximum Gasteiger partial charge on any atom is 0.223 e. The lowest BCUT2D eigenvalue weighted by Crippen LogP contribution is -2.42. The molecule has 0 radical (unpaired) electrons. The fourth-order valence-corrected chi connectivity index (χ4v) is 2.49. The largest absolute Gasteiger partial charge is 0.359 e. The summed E-state index contributed by atoms with van der Waals surface area (Å²) in [5.74, 6) is -0.0196. The van der Waals surface area contributed by atoms with E-state index in [-0.39, 0.29) is 23.9 Å². The number of rotatable bonds is 7. The number of aromatic nitrogens is 1. The van der Waals surface area contributed by atoms with Gasteiger partial charge in [0.2, 0.25) is 5.91 Å². The van der Waals surface area contributed by atoms with Crippen LogP contribution >= 0.6 is 0 Å². The molecule has 0 saturated heterocycles. The van der Waals surface area contributed by atoms with Crippen LogP contribution < -0.4 is 11.1 Å². The van der Waals surface area contributed by atoms with Crippen molar-refractivity contribution in [3.05, 3.63) is 30.1 Å². The number of nitrogens with zero attached hydrogens (tertiary/aromatic N) is 2. The second-order valence-corrected chi connectivity index (χ2v) is 5.25. The summed E-state index contributed by atoms with van der Waals surface area (Å²) in [5, 5.41) is 2.69. The Morgan fingerprint density at radius 2 is 2.05 bits per heavy atom. The van der Waals surface area contributed by atoms with E-state index in [2.05, 4.69) is 22.1 Å². The lowest BCUT2D eigenvalue weighted by molar-refractivity contribution is -0.124. The number of hydrogen-bond acceptors (Lipinski definition) is 4. The second kappa shape index (κ2) is 7.97. The number of likely N-dealkylation sites (N-methyl/N-ethyl adjacent to an activating group) is 1. The molecule has 3 atom stereocenters. The van der Waals surface area contributed by atoms with E-state index in [9.17, 15) is 4.79 Å². The number of amides is 1. The van der Waals surface area contributed by atoms with Gasteiger partial charge in [-0.25, -0.2) is 0 Å². The monoisotopic (exact) mass is 278 g/mol. The van der Waals surface area contributed by atoms with E-state index in [4.69, 9.17) is 5.73 Å². The molecule has 3 unspecified atom stereocenters. The molecule has 112 valence electrons. The van der Waals surface area contributed by atoms with Gasteiger partial charge in [-0.15, -0.1) is 0 Å². The summed E-state index contributed by atoms with van der Waals surface area (Å²) in [7, 11) is 3.68. The lowest BCUT2D eigenvalue weighted by Gasteiger charge is -2.34. The number of carbonyl (C=O) groups excluding carboxylic acids is 1. The second-order valence-electron chi connectivity index (χ2n) is 5.25. The molecule has 0 aliphatic carbocycles. The molecule has 0 saturated carbocycles. The summed E-state index contributed by atoms with van der Waals surface area (Å²) in [6.07, 6.45) is 4.44. The van der Waals surface area contributed by atoms with Crippen LogP contribution in [0.5, 0.6) is 0 Å². The van der Waals surface area contributed by atoms with Crippen molar-refractivity contribution in [2.45, 2.75) is 32.4 Å². The minimum atomic E-state index is -0.0709. The molecule has 5 nitrogen and oxygen atoms in total. The first-order valence-electron chi connectivity index (χ1n) is 7.08. The summed E-state index contributed by atoms with van der Waals surface area (Å²) >= 11 is 0. The third-order valence-electron chi connectivity index (χ3n) is 3.66. The zero-order valence-electron chi connectivity index (χ0n) is 12.8. The van der Waals surface area contributed by atoms with Gasteiger partial charge in [-0.05, 0) is 31.2 Å². The molecule has 0 aliphatic rings. The molecule has 0 fully saturated rings. The predicted molar refractivity (Wildman–Crippen MR) is 81.1 cm³/mol. The van der Waals surface area contributed by atoms with E-state index in [1.54, 1.807) is 19.4 Å². The molecule has 20 heavy (non-hydrogen) atoms. The summed E-state index contributed by atoms with van der Waals surface area (Å²) in [4.78, 5) is 17.9. The summed E-state index contributed by atoms with van der Waals surface area (Å²) in [6, 6.07) is 4.09. The number of carbonyl (C=O) groups is 1. The predicted octanol–water partition coefficient (Wildman–Crippen LogP) is 1.17. The van der Waals surface area contributed by atoms with E-state index in [1.807, 2.05) is 26.1 Å². The number of pyridine rings is 1. The lowest BCUT2D eigenvalue weighted by atomic mass is 9.96. The standard InChI is InChI=1S/C15H26N4O/c1-5-13(16)14(12-6-8-18-9-7-12)19(4)10-11(2)15(20)17-3/h6-9,11,13-14H,5,10,16H2,1-4H3,(H,17,20). The Morgan fingerprint density at radius 3 is 2.55 bits per heavy atom. The molecule has 5 heteroatoms. The zero-order chi connectivity index (χ0) is 15.1. The van der Waals surface area contributed by atoms with E-state index in [0.29, 0.717) is 6.54 Å². The topological polar surface area (TPSA) is 71.2 Å². The third-order valence-corrected chi connectivity index (χ3v) is 3.66. The SMILES string of the molecule is CCC(N)C(c1ccncc1)N(C)CC(C)C(=O)NC. The molecular formula is C15H26N4O. The Bertz CT molecular complexity index is 410. The normalized spacial score (nSPS) is 15.7. The molecule has 0 spiro atoms. The van der Waals surface area contributed by atoms with Crippen molar-refractivity contribution in [2.24, 2.45) is 11.7 Å². The maximum absolute atomic E-state index is 11.7. The molecule has 1 aromatic heterocycles. The Kier molecular flexibility index (Phi) is 6.61. The van der Waals surface area contributed by atoms with Crippen LogP contribution in [0, 0.1) is 5.92 Å². The van der Waals surface area contributed by atoms with E-state index >= 15 is 0 Å². The Morgan fingerprint density at radius 1 is 1.45 bits per heavy atom. The van der Waals surface area contributed by atoms with Crippen molar-refractivity contribution in [1.29, 1.82) is 0 Å². The van der Waals surface area contributed by atoms with E-state index in [0.717, 1.165) is 12.0 Å².